The molecule has 388 valence electrons. The fraction of sp³-hybridized carbons (Fsp3) is 0.375. The van der Waals surface area contributed by atoms with Crippen LogP contribution in [0.15, 0.2) is 128 Å². The van der Waals surface area contributed by atoms with Crippen molar-refractivity contribution in [3.8, 4) is 11.8 Å². The molecule has 2 unspecified atom stereocenters. The van der Waals surface area contributed by atoms with Gasteiger partial charge < -0.3 is 29.5 Å². The Morgan fingerprint density at radius 3 is 1.22 bits per heavy atom. The average molecular weight is 1080 g/mol. The maximum Gasteiger partial charge on any atom is 0.421 e. The molecule has 0 bridgehead atoms. The number of methoxy groups -OCH3 is 2. The Morgan fingerprint density at radius 1 is 0.556 bits per heavy atom. The number of anilines is 2. The quantitative estimate of drug-likeness (QED) is 0.101. The molecular weight excluding hydrogens is 1030 g/mol. The standard InChI is InChI=1S/2C24H26F3N3O4S2/c2*1-23(31,24(25,26)27)17-8-10-19(11-9-17)30-13-12-29(36(32,33)22-7-4-14-35-22)16-20(30)15-18-5-3-6-21(28-18)34-2/h2*3-11,14,20,31H,12-13,15-16H2,1-2H3/t2*20-,23?/m10/s1. The number of piperazine rings is 2. The van der Waals surface area contributed by atoms with Crippen molar-refractivity contribution in [1.82, 2.24) is 18.6 Å². The van der Waals surface area contributed by atoms with Crippen molar-refractivity contribution in [2.24, 2.45) is 0 Å². The summed E-state index contributed by atoms with van der Waals surface area (Å²) in [6, 6.07) is 27.5. The number of pyridine rings is 2. The van der Waals surface area contributed by atoms with Crippen molar-refractivity contribution < 1.29 is 62.9 Å². The Labute approximate surface area is 421 Å². The van der Waals surface area contributed by atoms with Crippen molar-refractivity contribution >= 4 is 54.1 Å². The molecule has 2 N–H and O–H groups in total. The third-order valence-corrected chi connectivity index (χ3v) is 19.0. The van der Waals surface area contributed by atoms with Crippen LogP contribution >= 0.6 is 22.7 Å². The molecule has 0 aliphatic carbocycles. The maximum absolute atomic E-state index is 13.3. The number of alkyl halides is 6. The molecule has 6 aromatic rings. The minimum atomic E-state index is -4.82. The molecule has 24 heteroatoms. The summed E-state index contributed by atoms with van der Waals surface area (Å²) >= 11 is 2.30. The molecule has 14 nitrogen and oxygen atoms in total. The van der Waals surface area contributed by atoms with E-state index in [1.54, 1.807) is 59.3 Å². The van der Waals surface area contributed by atoms with Gasteiger partial charge in [-0.3, -0.25) is 0 Å². The number of thiophene rings is 2. The summed E-state index contributed by atoms with van der Waals surface area (Å²) in [4.78, 5) is 12.8. The normalized spacial score (nSPS) is 19.2. The highest BCUT2D eigenvalue weighted by Crippen LogP contribution is 2.41. The number of benzene rings is 2. The molecule has 4 aromatic heterocycles. The van der Waals surface area contributed by atoms with E-state index in [9.17, 15) is 53.4 Å². The van der Waals surface area contributed by atoms with Crippen molar-refractivity contribution in [3.63, 3.8) is 0 Å². The summed E-state index contributed by atoms with van der Waals surface area (Å²) in [7, 11) is -4.35. The van der Waals surface area contributed by atoms with Gasteiger partial charge >= 0.3 is 12.4 Å². The Balaban J connectivity index is 0.000000211. The van der Waals surface area contributed by atoms with E-state index in [4.69, 9.17) is 9.47 Å². The van der Waals surface area contributed by atoms with Crippen LogP contribution < -0.4 is 19.3 Å². The van der Waals surface area contributed by atoms with Gasteiger partial charge in [-0.15, -0.1) is 22.7 Å². The molecule has 2 aromatic carbocycles. The summed E-state index contributed by atoms with van der Waals surface area (Å²) in [6.07, 6.45) is -8.88. The summed E-state index contributed by atoms with van der Waals surface area (Å²) in [5.74, 6) is 0.855. The van der Waals surface area contributed by atoms with Gasteiger partial charge in [0.15, 0.2) is 11.2 Å². The van der Waals surface area contributed by atoms with Crippen molar-refractivity contribution in [2.75, 3.05) is 63.3 Å². The van der Waals surface area contributed by atoms with Crippen LogP contribution in [-0.4, -0.2) is 124 Å². The lowest BCUT2D eigenvalue weighted by molar-refractivity contribution is -0.259. The van der Waals surface area contributed by atoms with Crippen LogP contribution in [0.25, 0.3) is 0 Å². The number of aromatic nitrogens is 2. The summed E-state index contributed by atoms with van der Waals surface area (Å²) in [5.41, 5.74) is -3.89. The first-order valence-corrected chi connectivity index (χ1v) is 26.9. The smallest absolute Gasteiger partial charge is 0.421 e. The maximum atomic E-state index is 13.3. The molecule has 4 atom stereocenters. The summed E-state index contributed by atoms with van der Waals surface area (Å²) in [6.45, 7) is 2.85. The Hall–Kier alpha value is -5.34. The van der Waals surface area contributed by atoms with Crippen molar-refractivity contribution in [2.45, 2.75) is 70.7 Å². The van der Waals surface area contributed by atoms with Crippen LogP contribution in [0.3, 0.4) is 0 Å². The largest absolute Gasteiger partial charge is 0.481 e. The molecule has 0 radical (unpaired) electrons. The fourth-order valence-electron chi connectivity index (χ4n) is 8.33. The van der Waals surface area contributed by atoms with Crippen LogP contribution in [0.1, 0.15) is 36.4 Å². The van der Waals surface area contributed by atoms with Crippen LogP contribution in [0.5, 0.6) is 11.8 Å². The Kier molecular flexibility index (Phi) is 16.4. The average Bonchev–Trinajstić information content (AvgIpc) is 4.12. The monoisotopic (exact) mass is 1080 g/mol. The minimum absolute atomic E-state index is 0.168. The highest BCUT2D eigenvalue weighted by molar-refractivity contribution is 7.91. The molecule has 2 aliphatic rings. The van der Waals surface area contributed by atoms with Crippen LogP contribution in [-0.2, 0) is 44.1 Å². The van der Waals surface area contributed by atoms with E-state index >= 15 is 0 Å². The molecular formula is C48H52F6N6O8S4. The first kappa shape index (κ1) is 54.4. The Morgan fingerprint density at radius 2 is 0.917 bits per heavy atom. The zero-order chi connectivity index (χ0) is 52.3. The first-order chi connectivity index (χ1) is 33.9. The molecule has 8 rings (SSSR count). The van der Waals surface area contributed by atoms with Gasteiger partial charge in [0.25, 0.3) is 20.0 Å². The van der Waals surface area contributed by atoms with E-state index in [1.165, 1.54) is 71.4 Å². The second-order valence-electron chi connectivity index (χ2n) is 17.3. The zero-order valence-electron chi connectivity index (χ0n) is 39.3. The van der Waals surface area contributed by atoms with Gasteiger partial charge in [-0.05, 0) is 84.3 Å². The molecule has 0 amide bonds. The molecule has 2 aliphatic heterocycles. The third kappa shape index (κ3) is 11.9. The van der Waals surface area contributed by atoms with Gasteiger partial charge in [0.2, 0.25) is 11.8 Å². The highest BCUT2D eigenvalue weighted by atomic mass is 32.3. The topological polar surface area (TPSA) is 166 Å². The number of nitrogens with zero attached hydrogens (tertiary/aromatic N) is 6. The SMILES string of the molecule is COc1cccc(C[C@@H]2CN(S(=O)(=O)c3cccs3)CCN2c2ccc(C(C)(O)C(F)(F)F)cc2)n1.COc1cccc(C[C@H]2CN(S(=O)(=O)c3cccs3)CCN2c2ccc(C(C)(O)C(F)(F)F)cc2)n1. The van der Waals surface area contributed by atoms with E-state index in [2.05, 4.69) is 9.97 Å². The Bertz CT molecular complexity index is 2760. The second kappa shape index (κ2) is 21.6. The van der Waals surface area contributed by atoms with Crippen molar-refractivity contribution in [1.29, 1.82) is 0 Å². The van der Waals surface area contributed by atoms with E-state index < -0.39 is 43.6 Å². The molecule has 0 saturated carbocycles. The molecule has 6 heterocycles. The number of ether oxygens (including phenoxy) is 2. The van der Waals surface area contributed by atoms with E-state index in [1.807, 2.05) is 21.9 Å². The fourth-order valence-corrected chi connectivity index (χ4v) is 13.6. The van der Waals surface area contributed by atoms with Crippen LogP contribution in [0.2, 0.25) is 0 Å². The lowest BCUT2D eigenvalue weighted by Gasteiger charge is -2.42. The van der Waals surface area contributed by atoms with Crippen molar-refractivity contribution in [3.05, 3.63) is 142 Å². The number of aliphatic hydroxyl groups is 2. The van der Waals surface area contributed by atoms with Crippen LogP contribution in [0.4, 0.5) is 37.7 Å². The molecule has 72 heavy (non-hydrogen) atoms. The highest BCUT2D eigenvalue weighted by Gasteiger charge is 2.52. The van der Waals surface area contributed by atoms with E-state index in [0.717, 1.165) is 22.7 Å². The van der Waals surface area contributed by atoms with Gasteiger partial charge in [0, 0.05) is 99.1 Å². The van der Waals surface area contributed by atoms with E-state index in [-0.39, 0.29) is 57.8 Å². The number of hydrogen-bond acceptors (Lipinski definition) is 14. The van der Waals surface area contributed by atoms with Gasteiger partial charge in [0.05, 0.1) is 14.2 Å². The van der Waals surface area contributed by atoms with Gasteiger partial charge in [-0.2, -0.15) is 35.0 Å². The molecule has 0 spiro atoms. The zero-order valence-corrected chi connectivity index (χ0v) is 42.6. The number of sulfonamides is 2. The predicted molar refractivity (Wildman–Crippen MR) is 262 cm³/mol. The minimum Gasteiger partial charge on any atom is -0.481 e. The lowest BCUT2D eigenvalue weighted by Crippen LogP contribution is -2.55. The number of hydrogen-bond donors (Lipinski definition) is 2. The van der Waals surface area contributed by atoms with E-state index in [0.29, 0.717) is 74.3 Å². The van der Waals surface area contributed by atoms with Gasteiger partial charge in [-0.25, -0.2) is 26.8 Å². The first-order valence-electron chi connectivity index (χ1n) is 22.3. The second-order valence-corrected chi connectivity index (χ2v) is 23.5. The predicted octanol–water partition coefficient (Wildman–Crippen LogP) is 8.09. The molecule has 2 saturated heterocycles. The van der Waals surface area contributed by atoms with Crippen LogP contribution in [0, 0.1) is 0 Å². The third-order valence-electron chi connectivity index (χ3n) is 12.6. The number of halogens is 6. The van der Waals surface area contributed by atoms with Gasteiger partial charge in [0.1, 0.15) is 8.42 Å². The summed E-state index contributed by atoms with van der Waals surface area (Å²) < 4.78 is 146. The molecule has 2 fully saturated rings. The lowest BCUT2D eigenvalue weighted by atomic mass is 9.95. The summed E-state index contributed by atoms with van der Waals surface area (Å²) in [5, 5.41) is 23.4. The number of rotatable bonds is 14. The van der Waals surface area contributed by atoms with Gasteiger partial charge in [-0.1, -0.05) is 48.5 Å².